The number of aromatic nitrogens is 1. The fraction of sp³-hybridized carbons (Fsp3) is 0.0909. The maximum Gasteiger partial charge on any atom is 0.335 e. The highest BCUT2D eigenvalue weighted by atomic mass is 32.1. The number of halogens is 1. The van der Waals surface area contributed by atoms with Gasteiger partial charge in [-0.2, -0.15) is 0 Å². The molecule has 88 valence electrons. The lowest BCUT2D eigenvalue weighted by atomic mass is 10.1. The quantitative estimate of drug-likeness (QED) is 0.907. The standard InChI is InChI=1S/C11H8FNO3S/c12-9-2-1-7(10(14)15)5-8(9)6-13-3-4-17-11(13)16/h1-5H,6H2,(H,14,15). The summed E-state index contributed by atoms with van der Waals surface area (Å²) < 4.78 is 14.8. The van der Waals surface area contributed by atoms with Crippen LogP contribution in [0.4, 0.5) is 4.39 Å². The van der Waals surface area contributed by atoms with E-state index in [1.807, 2.05) is 0 Å². The fourth-order valence-electron chi connectivity index (χ4n) is 1.42. The van der Waals surface area contributed by atoms with Crippen molar-refractivity contribution in [3.05, 3.63) is 56.4 Å². The van der Waals surface area contributed by atoms with Crippen molar-refractivity contribution in [1.29, 1.82) is 0 Å². The number of carboxylic acid groups (broad SMARTS) is 1. The number of benzene rings is 1. The van der Waals surface area contributed by atoms with Gasteiger partial charge in [0.15, 0.2) is 0 Å². The van der Waals surface area contributed by atoms with Gasteiger partial charge in [-0.25, -0.2) is 9.18 Å². The molecule has 6 heteroatoms. The van der Waals surface area contributed by atoms with Crippen LogP contribution in [0.25, 0.3) is 0 Å². The summed E-state index contributed by atoms with van der Waals surface area (Å²) in [4.78, 5) is 21.8. The van der Waals surface area contributed by atoms with Crippen molar-refractivity contribution in [2.75, 3.05) is 0 Å². The van der Waals surface area contributed by atoms with Gasteiger partial charge in [-0.05, 0) is 18.2 Å². The Morgan fingerprint density at radius 1 is 1.47 bits per heavy atom. The van der Waals surface area contributed by atoms with E-state index < -0.39 is 11.8 Å². The molecule has 0 bridgehead atoms. The average molecular weight is 253 g/mol. The molecule has 0 unspecified atom stereocenters. The molecular weight excluding hydrogens is 245 g/mol. The van der Waals surface area contributed by atoms with Crippen molar-refractivity contribution in [3.63, 3.8) is 0 Å². The first kappa shape index (κ1) is 11.5. The van der Waals surface area contributed by atoms with Crippen LogP contribution in [0, 0.1) is 5.82 Å². The van der Waals surface area contributed by atoms with E-state index in [0.717, 1.165) is 17.4 Å². The van der Waals surface area contributed by atoms with E-state index in [-0.39, 0.29) is 22.5 Å². The molecule has 2 rings (SSSR count). The molecular formula is C11H8FNO3S. The molecule has 0 saturated carbocycles. The van der Waals surface area contributed by atoms with Crippen LogP contribution in [0.3, 0.4) is 0 Å². The minimum atomic E-state index is -1.12. The molecule has 0 radical (unpaired) electrons. The lowest BCUT2D eigenvalue weighted by Gasteiger charge is -2.04. The molecule has 0 fully saturated rings. The van der Waals surface area contributed by atoms with Crippen LogP contribution in [0.1, 0.15) is 15.9 Å². The fourth-order valence-corrected chi connectivity index (χ4v) is 2.01. The van der Waals surface area contributed by atoms with Crippen LogP contribution < -0.4 is 4.87 Å². The number of rotatable bonds is 3. The molecule has 0 spiro atoms. The molecule has 2 aromatic rings. The van der Waals surface area contributed by atoms with Crippen molar-refractivity contribution in [2.45, 2.75) is 6.54 Å². The first-order chi connectivity index (χ1) is 8.08. The molecule has 0 aliphatic rings. The van der Waals surface area contributed by atoms with E-state index in [9.17, 15) is 14.0 Å². The van der Waals surface area contributed by atoms with Gasteiger partial charge >= 0.3 is 10.8 Å². The van der Waals surface area contributed by atoms with Crippen LogP contribution in [0.2, 0.25) is 0 Å². The van der Waals surface area contributed by atoms with Crippen LogP contribution in [-0.2, 0) is 6.54 Å². The van der Waals surface area contributed by atoms with Crippen molar-refractivity contribution in [1.82, 2.24) is 4.57 Å². The monoisotopic (exact) mass is 253 g/mol. The maximum absolute atomic E-state index is 13.5. The average Bonchev–Trinajstić information content (AvgIpc) is 2.67. The Morgan fingerprint density at radius 2 is 2.24 bits per heavy atom. The van der Waals surface area contributed by atoms with E-state index in [2.05, 4.69) is 0 Å². The summed E-state index contributed by atoms with van der Waals surface area (Å²) in [5.41, 5.74) is 0.190. The predicted molar refractivity (Wildman–Crippen MR) is 61.0 cm³/mol. The third kappa shape index (κ3) is 2.42. The summed E-state index contributed by atoms with van der Waals surface area (Å²) in [6.45, 7) is 0.0370. The Labute approximate surface area is 99.6 Å². The van der Waals surface area contributed by atoms with E-state index in [1.54, 1.807) is 11.6 Å². The first-order valence-electron chi connectivity index (χ1n) is 4.73. The lowest BCUT2D eigenvalue weighted by Crippen LogP contribution is -2.14. The van der Waals surface area contributed by atoms with Gasteiger partial charge in [-0.15, -0.1) is 0 Å². The number of nitrogens with zero attached hydrogens (tertiary/aromatic N) is 1. The third-order valence-corrected chi connectivity index (χ3v) is 2.97. The number of hydrogen-bond donors (Lipinski definition) is 1. The van der Waals surface area contributed by atoms with Crippen molar-refractivity contribution in [2.24, 2.45) is 0 Å². The number of carbonyl (C=O) groups is 1. The third-order valence-electron chi connectivity index (χ3n) is 2.28. The topological polar surface area (TPSA) is 59.3 Å². The summed E-state index contributed by atoms with van der Waals surface area (Å²) in [5, 5.41) is 10.4. The predicted octanol–water partition coefficient (Wildman–Crippen LogP) is 1.80. The van der Waals surface area contributed by atoms with Crippen molar-refractivity contribution >= 4 is 17.3 Å². The largest absolute Gasteiger partial charge is 0.478 e. The van der Waals surface area contributed by atoms with Gasteiger partial charge in [0.05, 0.1) is 12.1 Å². The number of hydrogen-bond acceptors (Lipinski definition) is 3. The Bertz CT molecular complexity index is 617. The van der Waals surface area contributed by atoms with Gasteiger partial charge in [0, 0.05) is 17.1 Å². The number of thiazole rings is 1. The zero-order valence-corrected chi connectivity index (χ0v) is 9.41. The first-order valence-corrected chi connectivity index (χ1v) is 5.61. The number of carboxylic acids is 1. The molecule has 0 saturated heterocycles. The van der Waals surface area contributed by atoms with Gasteiger partial charge in [0.2, 0.25) is 0 Å². The molecule has 0 atom stereocenters. The molecule has 4 nitrogen and oxygen atoms in total. The van der Waals surface area contributed by atoms with Crippen molar-refractivity contribution < 1.29 is 14.3 Å². The van der Waals surface area contributed by atoms with Gasteiger partial charge in [0.1, 0.15) is 5.82 Å². The second-order valence-electron chi connectivity index (χ2n) is 3.41. The van der Waals surface area contributed by atoms with E-state index in [4.69, 9.17) is 5.11 Å². The van der Waals surface area contributed by atoms with Crippen molar-refractivity contribution in [3.8, 4) is 0 Å². The molecule has 1 aromatic heterocycles. The summed E-state index contributed by atoms with van der Waals surface area (Å²) >= 11 is 1.01. The highest BCUT2D eigenvalue weighted by molar-refractivity contribution is 7.07. The maximum atomic E-state index is 13.5. The van der Waals surface area contributed by atoms with E-state index in [0.29, 0.717) is 0 Å². The molecule has 1 aromatic carbocycles. The second-order valence-corrected chi connectivity index (χ2v) is 4.27. The molecule has 1 heterocycles. The summed E-state index contributed by atoms with van der Waals surface area (Å²) in [6, 6.07) is 3.52. The molecule has 0 aliphatic heterocycles. The minimum absolute atomic E-state index is 0.00433. The van der Waals surface area contributed by atoms with Gasteiger partial charge in [-0.3, -0.25) is 4.79 Å². The minimum Gasteiger partial charge on any atom is -0.478 e. The lowest BCUT2D eigenvalue weighted by molar-refractivity contribution is 0.0696. The summed E-state index contributed by atoms with van der Waals surface area (Å²) in [6.07, 6.45) is 1.54. The summed E-state index contributed by atoms with van der Waals surface area (Å²) in [5.74, 6) is -1.64. The Hall–Kier alpha value is -1.95. The molecule has 17 heavy (non-hydrogen) atoms. The second kappa shape index (κ2) is 4.50. The Balaban J connectivity index is 2.38. The van der Waals surface area contributed by atoms with Crippen LogP contribution in [-0.4, -0.2) is 15.6 Å². The van der Waals surface area contributed by atoms with Crippen LogP contribution in [0.15, 0.2) is 34.6 Å². The van der Waals surface area contributed by atoms with E-state index >= 15 is 0 Å². The molecule has 1 N–H and O–H groups in total. The van der Waals surface area contributed by atoms with Crippen LogP contribution in [0.5, 0.6) is 0 Å². The highest BCUT2D eigenvalue weighted by Gasteiger charge is 2.09. The molecule has 0 amide bonds. The molecule has 0 aliphatic carbocycles. The van der Waals surface area contributed by atoms with Crippen LogP contribution >= 0.6 is 11.3 Å². The Morgan fingerprint density at radius 3 is 2.82 bits per heavy atom. The van der Waals surface area contributed by atoms with E-state index in [1.165, 1.54) is 16.7 Å². The SMILES string of the molecule is O=C(O)c1ccc(F)c(Cn2ccsc2=O)c1. The van der Waals surface area contributed by atoms with Gasteiger partial charge in [0.25, 0.3) is 0 Å². The Kier molecular flexibility index (Phi) is 3.06. The zero-order chi connectivity index (χ0) is 12.4. The smallest absolute Gasteiger partial charge is 0.335 e. The normalized spacial score (nSPS) is 10.4. The number of aromatic carboxylic acids is 1. The van der Waals surface area contributed by atoms with Gasteiger partial charge in [-0.1, -0.05) is 11.3 Å². The summed E-state index contributed by atoms with van der Waals surface area (Å²) in [7, 11) is 0. The highest BCUT2D eigenvalue weighted by Crippen LogP contribution is 2.12. The van der Waals surface area contributed by atoms with Gasteiger partial charge < -0.3 is 9.67 Å². The zero-order valence-electron chi connectivity index (χ0n) is 8.59.